The minimum atomic E-state index is 0.162. The second-order valence-corrected chi connectivity index (χ2v) is 4.06. The maximum absolute atomic E-state index is 11.1. The number of hydrogen-bond acceptors (Lipinski definition) is 3. The Morgan fingerprint density at radius 2 is 2.21 bits per heavy atom. The maximum Gasteiger partial charge on any atom is 0.171 e. The molecule has 1 rings (SSSR count). The number of nitrogens with one attached hydrogen (secondary N) is 2. The molecule has 0 spiro atoms. The third kappa shape index (κ3) is 3.14. The van der Waals surface area contributed by atoms with Gasteiger partial charge in [-0.15, -0.1) is 0 Å². The lowest BCUT2D eigenvalue weighted by Crippen LogP contribution is -2.39. The average Bonchev–Trinajstić information content (AvgIpc) is 2.16. The number of carbonyl (C=O) groups is 1. The molecule has 2 unspecified atom stereocenters. The maximum atomic E-state index is 11.1. The first-order valence-electron chi connectivity index (χ1n) is 5.34. The summed E-state index contributed by atoms with van der Waals surface area (Å²) in [6, 6.07) is 0.430. The highest BCUT2D eigenvalue weighted by Gasteiger charge is 2.14. The molecular formula is C11H20N2O. The third-order valence-electron chi connectivity index (χ3n) is 2.86. The molecule has 0 radical (unpaired) electrons. The van der Waals surface area contributed by atoms with E-state index >= 15 is 0 Å². The van der Waals surface area contributed by atoms with Gasteiger partial charge in [-0.1, -0.05) is 20.3 Å². The van der Waals surface area contributed by atoms with Gasteiger partial charge in [0.1, 0.15) is 0 Å². The van der Waals surface area contributed by atoms with Gasteiger partial charge < -0.3 is 10.6 Å². The molecule has 0 bridgehead atoms. The summed E-state index contributed by atoms with van der Waals surface area (Å²) < 4.78 is 0. The van der Waals surface area contributed by atoms with Crippen LogP contribution >= 0.6 is 0 Å². The predicted molar refractivity (Wildman–Crippen MR) is 58.0 cm³/mol. The Morgan fingerprint density at radius 3 is 2.79 bits per heavy atom. The largest absolute Gasteiger partial charge is 0.384 e. The molecule has 0 aromatic rings. The lowest BCUT2D eigenvalue weighted by Gasteiger charge is -2.24. The van der Waals surface area contributed by atoms with Crippen molar-refractivity contribution in [2.75, 3.05) is 13.1 Å². The van der Waals surface area contributed by atoms with Crippen molar-refractivity contribution in [3.63, 3.8) is 0 Å². The fourth-order valence-corrected chi connectivity index (χ4v) is 1.50. The van der Waals surface area contributed by atoms with Crippen molar-refractivity contribution in [2.45, 2.75) is 33.2 Å². The normalized spacial score (nSPS) is 21.4. The quantitative estimate of drug-likeness (QED) is 0.706. The molecule has 1 aliphatic rings. The molecule has 2 atom stereocenters. The lowest BCUT2D eigenvalue weighted by atomic mass is 10.0. The molecular weight excluding hydrogens is 176 g/mol. The Labute approximate surface area is 86.0 Å². The lowest BCUT2D eigenvalue weighted by molar-refractivity contribution is -0.114. The smallest absolute Gasteiger partial charge is 0.171 e. The summed E-state index contributed by atoms with van der Waals surface area (Å²) in [5.41, 5.74) is 1.02. The molecule has 3 nitrogen and oxygen atoms in total. The van der Waals surface area contributed by atoms with Gasteiger partial charge in [-0.3, -0.25) is 4.79 Å². The van der Waals surface area contributed by atoms with E-state index < -0.39 is 0 Å². The van der Waals surface area contributed by atoms with Gasteiger partial charge in [-0.05, 0) is 12.8 Å². The van der Waals surface area contributed by atoms with E-state index in [2.05, 4.69) is 31.4 Å². The topological polar surface area (TPSA) is 41.1 Å². The summed E-state index contributed by atoms with van der Waals surface area (Å²) in [4.78, 5) is 11.1. The molecule has 14 heavy (non-hydrogen) atoms. The monoisotopic (exact) mass is 196 g/mol. The molecule has 0 aliphatic carbocycles. The third-order valence-corrected chi connectivity index (χ3v) is 2.86. The van der Waals surface area contributed by atoms with E-state index in [1.165, 1.54) is 0 Å². The highest BCUT2D eigenvalue weighted by atomic mass is 16.1. The van der Waals surface area contributed by atoms with Gasteiger partial charge in [0.15, 0.2) is 5.78 Å². The van der Waals surface area contributed by atoms with Gasteiger partial charge in [-0.25, -0.2) is 0 Å². The molecule has 1 aliphatic heterocycles. The van der Waals surface area contributed by atoms with Crippen LogP contribution < -0.4 is 10.6 Å². The Hall–Kier alpha value is -0.830. The predicted octanol–water partition coefficient (Wildman–Crippen LogP) is 1.07. The fraction of sp³-hybridized carbons (Fsp3) is 0.727. The number of carbonyl (C=O) groups excluding carboxylic acids is 1. The van der Waals surface area contributed by atoms with E-state index in [1.807, 2.05) is 0 Å². The van der Waals surface area contributed by atoms with E-state index in [4.69, 9.17) is 0 Å². The number of ketones is 1. The standard InChI is InChI=1S/C11H20N2O/c1-4-8(2)9(3)13-10-5-11(14)7-12-6-10/h5,8-9,12-13H,4,6-7H2,1-3H3. The second kappa shape index (κ2) is 5.15. The summed E-state index contributed by atoms with van der Waals surface area (Å²) in [5, 5.41) is 6.44. The first kappa shape index (κ1) is 11.2. The molecule has 0 aromatic carbocycles. The Balaban J connectivity index is 2.47. The van der Waals surface area contributed by atoms with Crippen LogP contribution in [0.5, 0.6) is 0 Å². The van der Waals surface area contributed by atoms with Gasteiger partial charge in [0.25, 0.3) is 0 Å². The Bertz CT molecular complexity index is 235. The van der Waals surface area contributed by atoms with Gasteiger partial charge in [0.2, 0.25) is 0 Å². The minimum absolute atomic E-state index is 0.162. The van der Waals surface area contributed by atoms with Crippen molar-refractivity contribution in [3.05, 3.63) is 11.8 Å². The molecule has 0 fully saturated rings. The van der Waals surface area contributed by atoms with Gasteiger partial charge in [0, 0.05) is 24.4 Å². The van der Waals surface area contributed by atoms with Crippen LogP contribution in [0.25, 0.3) is 0 Å². The summed E-state index contributed by atoms with van der Waals surface area (Å²) in [7, 11) is 0. The number of rotatable bonds is 4. The van der Waals surface area contributed by atoms with Gasteiger partial charge in [-0.2, -0.15) is 0 Å². The first-order valence-corrected chi connectivity index (χ1v) is 5.34. The van der Waals surface area contributed by atoms with Crippen molar-refractivity contribution in [3.8, 4) is 0 Å². The molecule has 0 saturated carbocycles. The van der Waals surface area contributed by atoms with E-state index in [1.54, 1.807) is 6.08 Å². The summed E-state index contributed by atoms with van der Waals surface area (Å²) in [6.45, 7) is 7.82. The van der Waals surface area contributed by atoms with Crippen LogP contribution in [0.1, 0.15) is 27.2 Å². The molecule has 0 aromatic heterocycles. The zero-order chi connectivity index (χ0) is 10.6. The Kier molecular flexibility index (Phi) is 4.14. The van der Waals surface area contributed by atoms with Crippen molar-refractivity contribution >= 4 is 5.78 Å². The zero-order valence-electron chi connectivity index (χ0n) is 9.26. The van der Waals surface area contributed by atoms with Crippen molar-refractivity contribution in [1.29, 1.82) is 0 Å². The van der Waals surface area contributed by atoms with Gasteiger partial charge >= 0.3 is 0 Å². The average molecular weight is 196 g/mol. The minimum Gasteiger partial charge on any atom is -0.384 e. The molecule has 3 heteroatoms. The second-order valence-electron chi connectivity index (χ2n) is 4.06. The van der Waals surface area contributed by atoms with E-state index in [0.29, 0.717) is 18.5 Å². The van der Waals surface area contributed by atoms with Crippen molar-refractivity contribution in [2.24, 2.45) is 5.92 Å². The molecule has 80 valence electrons. The zero-order valence-corrected chi connectivity index (χ0v) is 9.26. The SMILES string of the molecule is CCC(C)C(C)NC1=CC(=O)CNC1. The first-order chi connectivity index (χ1) is 6.63. The molecule has 0 saturated heterocycles. The van der Waals surface area contributed by atoms with Crippen molar-refractivity contribution < 1.29 is 4.79 Å². The molecule has 2 N–H and O–H groups in total. The highest BCUT2D eigenvalue weighted by molar-refractivity contribution is 5.92. The summed E-state index contributed by atoms with van der Waals surface area (Å²) in [5.74, 6) is 0.794. The van der Waals surface area contributed by atoms with Crippen LogP contribution in [0.2, 0.25) is 0 Å². The number of hydrogen-bond donors (Lipinski definition) is 2. The highest BCUT2D eigenvalue weighted by Crippen LogP contribution is 2.08. The van der Waals surface area contributed by atoms with Crippen LogP contribution in [-0.2, 0) is 4.79 Å². The van der Waals surface area contributed by atoms with E-state index in [0.717, 1.165) is 18.7 Å². The summed E-state index contributed by atoms with van der Waals surface area (Å²) in [6.07, 6.45) is 2.87. The van der Waals surface area contributed by atoms with Gasteiger partial charge in [0.05, 0.1) is 6.54 Å². The molecule has 0 amide bonds. The van der Waals surface area contributed by atoms with E-state index in [9.17, 15) is 4.79 Å². The van der Waals surface area contributed by atoms with Crippen LogP contribution in [-0.4, -0.2) is 24.9 Å². The van der Waals surface area contributed by atoms with Crippen molar-refractivity contribution in [1.82, 2.24) is 10.6 Å². The van der Waals surface area contributed by atoms with Crippen LogP contribution in [0.3, 0.4) is 0 Å². The Morgan fingerprint density at radius 1 is 1.50 bits per heavy atom. The summed E-state index contributed by atoms with van der Waals surface area (Å²) >= 11 is 0. The van der Waals surface area contributed by atoms with Crippen LogP contribution in [0, 0.1) is 5.92 Å². The van der Waals surface area contributed by atoms with E-state index in [-0.39, 0.29) is 5.78 Å². The fourth-order valence-electron chi connectivity index (χ4n) is 1.50. The van der Waals surface area contributed by atoms with Crippen LogP contribution in [0.15, 0.2) is 11.8 Å². The van der Waals surface area contributed by atoms with Crippen LogP contribution in [0.4, 0.5) is 0 Å². The molecule has 1 heterocycles.